The molecule has 0 saturated carbocycles. The number of hydrogen-bond acceptors (Lipinski definition) is 1. The Morgan fingerprint density at radius 2 is 2.00 bits per heavy atom. The molecule has 0 radical (unpaired) electrons. The monoisotopic (exact) mass is 271 g/mol. The second-order valence-electron chi connectivity index (χ2n) is 1.30. The molecular formula is C5H4Br2ClN. The smallest absolute Gasteiger partial charge is 0.107 e. The Balaban J connectivity index is 0.000000640. The van der Waals surface area contributed by atoms with Gasteiger partial charge >= 0.3 is 0 Å². The minimum Gasteiger partial charge on any atom is -0.249 e. The van der Waals surface area contributed by atoms with E-state index in [0.29, 0.717) is 0 Å². The molecule has 0 aliphatic rings. The minimum atomic E-state index is 0. The van der Waals surface area contributed by atoms with E-state index in [0.717, 1.165) is 9.08 Å². The topological polar surface area (TPSA) is 12.9 Å². The van der Waals surface area contributed by atoms with E-state index in [1.807, 2.05) is 12.1 Å². The normalized spacial score (nSPS) is 8.22. The van der Waals surface area contributed by atoms with Crippen LogP contribution in [0.4, 0.5) is 0 Å². The summed E-state index contributed by atoms with van der Waals surface area (Å²) in [6.07, 6.45) is 1.73. The summed E-state index contributed by atoms with van der Waals surface area (Å²) < 4.78 is 1.89. The van der Waals surface area contributed by atoms with Gasteiger partial charge in [-0.15, -0.1) is 12.4 Å². The number of nitrogens with zero attached hydrogens (tertiary/aromatic N) is 1. The van der Waals surface area contributed by atoms with Crippen molar-refractivity contribution in [3.05, 3.63) is 27.4 Å². The summed E-state index contributed by atoms with van der Waals surface area (Å²) in [5.74, 6) is 0. The molecule has 0 N–H and O–H groups in total. The first kappa shape index (κ1) is 9.40. The maximum absolute atomic E-state index is 3.93. The highest BCUT2D eigenvalue weighted by Gasteiger charge is 1.85. The summed E-state index contributed by atoms with van der Waals surface area (Å²) in [6, 6.07) is 3.77. The first-order chi connectivity index (χ1) is 3.79. The van der Waals surface area contributed by atoms with Crippen molar-refractivity contribution < 1.29 is 0 Å². The third-order valence-electron chi connectivity index (χ3n) is 0.689. The van der Waals surface area contributed by atoms with Crippen LogP contribution in [-0.4, -0.2) is 4.98 Å². The highest BCUT2D eigenvalue weighted by molar-refractivity contribution is 9.11. The van der Waals surface area contributed by atoms with Gasteiger partial charge in [0.25, 0.3) is 0 Å². The van der Waals surface area contributed by atoms with Crippen LogP contribution in [0.3, 0.4) is 0 Å². The van der Waals surface area contributed by atoms with Gasteiger partial charge in [0, 0.05) is 10.7 Å². The lowest BCUT2D eigenvalue weighted by Gasteiger charge is -1.86. The van der Waals surface area contributed by atoms with Gasteiger partial charge in [-0.3, -0.25) is 0 Å². The largest absolute Gasteiger partial charge is 0.249 e. The maximum atomic E-state index is 3.93. The van der Waals surface area contributed by atoms with Crippen molar-refractivity contribution in [3.63, 3.8) is 0 Å². The molecule has 9 heavy (non-hydrogen) atoms. The first-order valence-electron chi connectivity index (χ1n) is 2.06. The lowest BCUT2D eigenvalue weighted by Crippen LogP contribution is -1.70. The van der Waals surface area contributed by atoms with Gasteiger partial charge in [-0.25, -0.2) is 4.98 Å². The van der Waals surface area contributed by atoms with Crippen molar-refractivity contribution >= 4 is 44.3 Å². The fraction of sp³-hybridized carbons (Fsp3) is 0. The van der Waals surface area contributed by atoms with Crippen LogP contribution in [0.5, 0.6) is 0 Å². The van der Waals surface area contributed by atoms with Crippen LogP contribution in [0.1, 0.15) is 0 Å². The summed E-state index contributed by atoms with van der Waals surface area (Å²) in [5, 5.41) is 0. The lowest BCUT2D eigenvalue weighted by molar-refractivity contribution is 1.27. The number of hydrogen-bond donors (Lipinski definition) is 0. The third-order valence-corrected chi connectivity index (χ3v) is 1.62. The molecule has 1 aromatic rings. The second-order valence-corrected chi connectivity index (χ2v) is 3.02. The summed E-state index contributed by atoms with van der Waals surface area (Å²) >= 11 is 6.51. The standard InChI is InChI=1S/C5H3Br2N.ClH/c6-4-1-2-8-5(7)3-4;/h1-3H;1H. The van der Waals surface area contributed by atoms with Crippen LogP contribution in [0.2, 0.25) is 0 Å². The highest BCUT2D eigenvalue weighted by Crippen LogP contribution is 2.12. The molecule has 0 unspecified atom stereocenters. The van der Waals surface area contributed by atoms with Gasteiger partial charge in [0.1, 0.15) is 4.60 Å². The zero-order valence-corrected chi connectivity index (χ0v) is 8.33. The third kappa shape index (κ3) is 3.18. The summed E-state index contributed by atoms with van der Waals surface area (Å²) in [7, 11) is 0. The Morgan fingerprint density at radius 3 is 2.33 bits per heavy atom. The predicted molar refractivity (Wildman–Crippen MR) is 46.9 cm³/mol. The van der Waals surface area contributed by atoms with E-state index in [4.69, 9.17) is 0 Å². The van der Waals surface area contributed by atoms with Crippen LogP contribution >= 0.6 is 44.3 Å². The molecule has 0 fully saturated rings. The molecule has 0 amide bonds. The van der Waals surface area contributed by atoms with Crippen molar-refractivity contribution in [2.75, 3.05) is 0 Å². The molecule has 1 heterocycles. The SMILES string of the molecule is Brc1ccnc(Br)c1.Cl. The first-order valence-corrected chi connectivity index (χ1v) is 3.65. The van der Waals surface area contributed by atoms with Crippen molar-refractivity contribution in [1.29, 1.82) is 0 Å². The highest BCUT2D eigenvalue weighted by atomic mass is 79.9. The number of rotatable bonds is 0. The van der Waals surface area contributed by atoms with Crippen molar-refractivity contribution in [2.24, 2.45) is 0 Å². The molecule has 1 rings (SSSR count). The van der Waals surface area contributed by atoms with E-state index in [2.05, 4.69) is 36.8 Å². The van der Waals surface area contributed by atoms with E-state index < -0.39 is 0 Å². The maximum Gasteiger partial charge on any atom is 0.107 e. The number of aromatic nitrogens is 1. The van der Waals surface area contributed by atoms with Gasteiger partial charge in [-0.05, 0) is 28.1 Å². The molecular weight excluding hydrogens is 269 g/mol. The van der Waals surface area contributed by atoms with Gasteiger partial charge in [-0.1, -0.05) is 15.9 Å². The Bertz CT molecular complexity index is 175. The van der Waals surface area contributed by atoms with Gasteiger partial charge in [0.05, 0.1) is 0 Å². The fourth-order valence-electron chi connectivity index (χ4n) is 0.379. The summed E-state index contributed by atoms with van der Waals surface area (Å²) in [4.78, 5) is 3.93. The summed E-state index contributed by atoms with van der Waals surface area (Å²) in [6.45, 7) is 0. The van der Waals surface area contributed by atoms with Gasteiger partial charge < -0.3 is 0 Å². The number of pyridine rings is 1. The molecule has 0 spiro atoms. The van der Waals surface area contributed by atoms with Crippen LogP contribution in [0.15, 0.2) is 27.4 Å². The molecule has 0 atom stereocenters. The van der Waals surface area contributed by atoms with Crippen molar-refractivity contribution in [1.82, 2.24) is 4.98 Å². The quantitative estimate of drug-likeness (QED) is 0.662. The Labute approximate surface area is 76.5 Å². The van der Waals surface area contributed by atoms with Gasteiger partial charge in [0.15, 0.2) is 0 Å². The van der Waals surface area contributed by atoms with E-state index in [9.17, 15) is 0 Å². The van der Waals surface area contributed by atoms with Crippen LogP contribution in [0.25, 0.3) is 0 Å². The zero-order chi connectivity index (χ0) is 5.98. The molecule has 1 aromatic heterocycles. The molecule has 0 bridgehead atoms. The van der Waals surface area contributed by atoms with E-state index in [1.165, 1.54) is 0 Å². The second kappa shape index (κ2) is 4.25. The molecule has 0 aromatic carbocycles. The molecule has 0 aliphatic carbocycles. The average Bonchev–Trinajstić information content (AvgIpc) is 1.64. The van der Waals surface area contributed by atoms with E-state index >= 15 is 0 Å². The Kier molecular flexibility index (Phi) is 4.44. The van der Waals surface area contributed by atoms with Crippen LogP contribution in [0, 0.1) is 0 Å². The Hall–Kier alpha value is 0.400. The van der Waals surface area contributed by atoms with Crippen LogP contribution in [-0.2, 0) is 0 Å². The van der Waals surface area contributed by atoms with Crippen LogP contribution < -0.4 is 0 Å². The van der Waals surface area contributed by atoms with E-state index in [1.54, 1.807) is 6.20 Å². The molecule has 0 saturated heterocycles. The average molecular weight is 273 g/mol. The lowest BCUT2D eigenvalue weighted by atomic mass is 10.5. The zero-order valence-electron chi connectivity index (χ0n) is 4.34. The molecule has 50 valence electrons. The van der Waals surface area contributed by atoms with Gasteiger partial charge in [0.2, 0.25) is 0 Å². The van der Waals surface area contributed by atoms with Gasteiger partial charge in [-0.2, -0.15) is 0 Å². The molecule has 1 nitrogen and oxygen atoms in total. The van der Waals surface area contributed by atoms with Crippen molar-refractivity contribution in [3.8, 4) is 0 Å². The molecule has 0 aliphatic heterocycles. The summed E-state index contributed by atoms with van der Waals surface area (Å²) in [5.41, 5.74) is 0. The van der Waals surface area contributed by atoms with E-state index in [-0.39, 0.29) is 12.4 Å². The Morgan fingerprint density at radius 1 is 1.33 bits per heavy atom. The fourth-order valence-corrected chi connectivity index (χ4v) is 1.39. The van der Waals surface area contributed by atoms with Crippen molar-refractivity contribution in [2.45, 2.75) is 0 Å². The number of halogens is 3. The predicted octanol–water partition coefficient (Wildman–Crippen LogP) is 3.03. The minimum absolute atomic E-state index is 0. The molecule has 4 heteroatoms.